The second-order valence-corrected chi connectivity index (χ2v) is 3.04. The first kappa shape index (κ1) is 8.59. The lowest BCUT2D eigenvalue weighted by Gasteiger charge is -1.78. The zero-order chi connectivity index (χ0) is 5.98. The van der Waals surface area contributed by atoms with Gasteiger partial charge < -0.3 is 6.15 Å². The third kappa shape index (κ3) is 2.11. The minimum atomic E-state index is 0. The van der Waals surface area contributed by atoms with Crippen LogP contribution in [0.3, 0.4) is 0 Å². The average Bonchev–Trinajstić information content (AvgIpc) is 2.14. The van der Waals surface area contributed by atoms with Crippen LogP contribution in [0.2, 0.25) is 0 Å². The summed E-state index contributed by atoms with van der Waals surface area (Å²) in [4.78, 5) is 5.46. The molecule has 0 unspecified atom stereocenters. The zero-order valence-corrected chi connectivity index (χ0v) is 6.66. The first-order chi connectivity index (χ1) is 3.83. The molecule has 52 valence electrons. The minimum Gasteiger partial charge on any atom is -0.344 e. The largest absolute Gasteiger partial charge is 0.344 e. The van der Waals surface area contributed by atoms with Crippen molar-refractivity contribution in [2.75, 3.05) is 0 Å². The van der Waals surface area contributed by atoms with E-state index < -0.39 is 0 Å². The third-order valence-corrected chi connectivity index (χ3v) is 2.03. The van der Waals surface area contributed by atoms with E-state index >= 15 is 0 Å². The molecular weight excluding hydrogens is 132 g/mol. The molecule has 1 rings (SSSR count). The van der Waals surface area contributed by atoms with Gasteiger partial charge in [-0.1, -0.05) is 6.92 Å². The summed E-state index contributed by atoms with van der Waals surface area (Å²) in [7, 11) is 0. The van der Waals surface area contributed by atoms with Gasteiger partial charge in [-0.2, -0.15) is 0 Å². The van der Waals surface area contributed by atoms with Gasteiger partial charge in [-0.15, -0.1) is 11.3 Å². The predicted octanol–water partition coefficient (Wildman–Crippen LogP) is 2.18. The van der Waals surface area contributed by atoms with Gasteiger partial charge >= 0.3 is 0 Å². The zero-order valence-electron chi connectivity index (χ0n) is 5.85. The summed E-state index contributed by atoms with van der Waals surface area (Å²) in [5, 5.41) is 1.24. The van der Waals surface area contributed by atoms with Crippen molar-refractivity contribution in [1.29, 1.82) is 0 Å². The second kappa shape index (κ2) is 3.58. The lowest BCUT2D eigenvalue weighted by atomic mass is 10.5. The minimum absolute atomic E-state index is 0. The lowest BCUT2D eigenvalue weighted by molar-refractivity contribution is 1.09. The molecule has 0 radical (unpaired) electrons. The van der Waals surface area contributed by atoms with Gasteiger partial charge in [-0.3, -0.25) is 0 Å². The molecule has 9 heavy (non-hydrogen) atoms. The van der Waals surface area contributed by atoms with Crippen molar-refractivity contribution in [1.82, 2.24) is 11.1 Å². The molecule has 0 amide bonds. The van der Waals surface area contributed by atoms with Crippen LogP contribution >= 0.6 is 11.3 Å². The molecule has 0 aliphatic rings. The predicted molar refractivity (Wildman–Crippen MR) is 41.3 cm³/mol. The van der Waals surface area contributed by atoms with Crippen LogP contribution < -0.4 is 6.15 Å². The van der Waals surface area contributed by atoms with Crippen molar-refractivity contribution < 1.29 is 0 Å². The second-order valence-electron chi connectivity index (χ2n) is 1.72. The van der Waals surface area contributed by atoms with Crippen molar-refractivity contribution in [2.24, 2.45) is 0 Å². The Balaban J connectivity index is 0.000000640. The summed E-state index contributed by atoms with van der Waals surface area (Å²) < 4.78 is 0. The van der Waals surface area contributed by atoms with Gasteiger partial charge in [0.15, 0.2) is 0 Å². The Morgan fingerprint density at radius 1 is 1.67 bits per heavy atom. The van der Waals surface area contributed by atoms with E-state index in [-0.39, 0.29) is 6.15 Å². The highest BCUT2D eigenvalue weighted by molar-refractivity contribution is 7.11. The third-order valence-electron chi connectivity index (χ3n) is 0.972. The van der Waals surface area contributed by atoms with Gasteiger partial charge in [-0.05, 0) is 13.3 Å². The fourth-order valence-corrected chi connectivity index (χ4v) is 1.29. The Labute approximate surface area is 59.5 Å². The Morgan fingerprint density at radius 2 is 2.33 bits per heavy atom. The molecule has 0 aromatic carbocycles. The van der Waals surface area contributed by atoms with E-state index in [2.05, 4.69) is 18.8 Å². The maximum absolute atomic E-state index is 4.15. The molecule has 1 aromatic rings. The van der Waals surface area contributed by atoms with Crippen molar-refractivity contribution >= 4 is 11.3 Å². The first-order valence-corrected chi connectivity index (χ1v) is 3.56. The number of thiazole rings is 1. The fraction of sp³-hybridized carbons (Fsp3) is 0.500. The summed E-state index contributed by atoms with van der Waals surface area (Å²) in [5.41, 5.74) is 0. The van der Waals surface area contributed by atoms with E-state index in [0.717, 1.165) is 6.42 Å². The van der Waals surface area contributed by atoms with E-state index in [1.807, 2.05) is 6.20 Å². The van der Waals surface area contributed by atoms with E-state index in [0.29, 0.717) is 0 Å². The van der Waals surface area contributed by atoms with Crippen LogP contribution in [0.1, 0.15) is 16.8 Å². The molecule has 3 heteroatoms. The van der Waals surface area contributed by atoms with Gasteiger partial charge in [-0.25, -0.2) is 4.98 Å². The molecule has 0 spiro atoms. The lowest BCUT2D eigenvalue weighted by Crippen LogP contribution is -1.70. The molecule has 3 N–H and O–H groups in total. The number of aromatic nitrogens is 1. The molecule has 2 nitrogen and oxygen atoms in total. The molecule has 0 fully saturated rings. The van der Waals surface area contributed by atoms with Crippen LogP contribution in [0.4, 0.5) is 0 Å². The van der Waals surface area contributed by atoms with E-state index in [4.69, 9.17) is 0 Å². The number of nitrogens with zero attached hydrogens (tertiary/aromatic N) is 1. The Morgan fingerprint density at radius 3 is 2.56 bits per heavy atom. The summed E-state index contributed by atoms with van der Waals surface area (Å²) in [5.74, 6) is 0. The van der Waals surface area contributed by atoms with Gasteiger partial charge in [0, 0.05) is 11.1 Å². The van der Waals surface area contributed by atoms with Crippen LogP contribution in [0.25, 0.3) is 0 Å². The maximum Gasteiger partial charge on any atom is 0.0924 e. The average molecular weight is 144 g/mol. The van der Waals surface area contributed by atoms with E-state index in [1.165, 1.54) is 9.88 Å². The Hall–Kier alpha value is -0.410. The van der Waals surface area contributed by atoms with Gasteiger partial charge in [0.1, 0.15) is 0 Å². The van der Waals surface area contributed by atoms with Crippen molar-refractivity contribution in [3.63, 3.8) is 0 Å². The number of hydrogen-bond donors (Lipinski definition) is 1. The summed E-state index contributed by atoms with van der Waals surface area (Å²) in [6.07, 6.45) is 2.99. The summed E-state index contributed by atoms with van der Waals surface area (Å²) >= 11 is 1.78. The van der Waals surface area contributed by atoms with Gasteiger partial charge in [0.2, 0.25) is 0 Å². The molecular formula is C6H12N2S. The molecule has 0 saturated heterocycles. The van der Waals surface area contributed by atoms with Crippen LogP contribution in [0, 0.1) is 6.92 Å². The summed E-state index contributed by atoms with van der Waals surface area (Å²) in [6, 6.07) is 0. The van der Waals surface area contributed by atoms with E-state index in [9.17, 15) is 0 Å². The van der Waals surface area contributed by atoms with Crippen molar-refractivity contribution in [2.45, 2.75) is 20.3 Å². The first-order valence-electron chi connectivity index (χ1n) is 2.74. The molecule has 1 heterocycles. The molecule has 1 aromatic heterocycles. The van der Waals surface area contributed by atoms with Crippen molar-refractivity contribution in [3.8, 4) is 0 Å². The number of aryl methyl sites for hydroxylation is 2. The van der Waals surface area contributed by atoms with Crippen molar-refractivity contribution in [3.05, 3.63) is 16.1 Å². The highest BCUT2D eigenvalue weighted by Crippen LogP contribution is 2.10. The van der Waals surface area contributed by atoms with Gasteiger partial charge in [0.05, 0.1) is 5.01 Å². The molecule has 0 aliphatic carbocycles. The normalized spacial score (nSPS) is 8.67. The summed E-state index contributed by atoms with van der Waals surface area (Å²) in [6.45, 7) is 4.20. The highest BCUT2D eigenvalue weighted by Gasteiger charge is 1.91. The number of hydrogen-bond acceptors (Lipinski definition) is 3. The monoisotopic (exact) mass is 144 g/mol. The Kier molecular flexibility index (Phi) is 3.42. The molecule has 0 atom stereocenters. The topological polar surface area (TPSA) is 47.9 Å². The van der Waals surface area contributed by atoms with Crippen LogP contribution in [0.15, 0.2) is 6.20 Å². The smallest absolute Gasteiger partial charge is 0.0924 e. The van der Waals surface area contributed by atoms with Crippen LogP contribution in [-0.4, -0.2) is 4.98 Å². The standard InChI is InChI=1S/C6H9NS.H3N/c1-3-6-7-4-5(2)8-6;/h4H,3H2,1-2H3;1H3. The SMILES string of the molecule is CCc1ncc(C)s1.N. The maximum atomic E-state index is 4.15. The number of rotatable bonds is 1. The Bertz CT molecular complexity index is 171. The van der Waals surface area contributed by atoms with Gasteiger partial charge in [0.25, 0.3) is 0 Å². The van der Waals surface area contributed by atoms with Crippen LogP contribution in [0.5, 0.6) is 0 Å². The molecule has 0 aliphatic heterocycles. The fourth-order valence-electron chi connectivity index (χ4n) is 0.565. The molecule has 0 saturated carbocycles. The molecule has 0 bridgehead atoms. The van der Waals surface area contributed by atoms with Crippen LogP contribution in [-0.2, 0) is 6.42 Å². The quantitative estimate of drug-likeness (QED) is 0.656. The van der Waals surface area contributed by atoms with E-state index in [1.54, 1.807) is 11.3 Å². The highest BCUT2D eigenvalue weighted by atomic mass is 32.1.